The van der Waals surface area contributed by atoms with Crippen molar-refractivity contribution in [3.63, 3.8) is 0 Å². The summed E-state index contributed by atoms with van der Waals surface area (Å²) in [5, 5.41) is 9.53. The molecule has 3 nitrogen and oxygen atoms in total. The van der Waals surface area contributed by atoms with E-state index in [1.165, 1.54) is 0 Å². The minimum atomic E-state index is -0.354. The molecule has 0 fully saturated rings. The lowest BCUT2D eigenvalue weighted by molar-refractivity contribution is 0.158. The second-order valence-corrected chi connectivity index (χ2v) is 2.73. The van der Waals surface area contributed by atoms with Gasteiger partial charge in [0, 0.05) is 7.05 Å². The molecule has 0 aromatic carbocycles. The predicted molar refractivity (Wildman–Crippen MR) is 43.1 cm³/mol. The fourth-order valence-electron chi connectivity index (χ4n) is 1.11. The molecule has 11 heavy (non-hydrogen) atoms. The first-order valence-electron chi connectivity index (χ1n) is 3.90. The van der Waals surface area contributed by atoms with Gasteiger partial charge >= 0.3 is 0 Å². The van der Waals surface area contributed by atoms with E-state index in [1.807, 2.05) is 11.6 Å². The van der Waals surface area contributed by atoms with Crippen molar-refractivity contribution >= 4 is 0 Å². The Balaban J connectivity index is 2.67. The fourth-order valence-corrected chi connectivity index (χ4v) is 1.11. The van der Waals surface area contributed by atoms with Gasteiger partial charge in [0.05, 0.1) is 24.3 Å². The van der Waals surface area contributed by atoms with Crippen molar-refractivity contribution in [2.24, 2.45) is 7.05 Å². The van der Waals surface area contributed by atoms with E-state index in [2.05, 4.69) is 11.9 Å². The summed E-state index contributed by atoms with van der Waals surface area (Å²) in [5.41, 5.74) is 0.895. The van der Waals surface area contributed by atoms with Gasteiger partial charge in [-0.05, 0) is 6.42 Å². The molecule has 0 spiro atoms. The van der Waals surface area contributed by atoms with Crippen LogP contribution in [0, 0.1) is 0 Å². The smallest absolute Gasteiger partial charge is 0.0955 e. The maximum atomic E-state index is 9.53. The first-order valence-corrected chi connectivity index (χ1v) is 3.90. The van der Waals surface area contributed by atoms with Crippen LogP contribution in [0.15, 0.2) is 12.5 Å². The van der Waals surface area contributed by atoms with Crippen molar-refractivity contribution in [1.29, 1.82) is 0 Å². The summed E-state index contributed by atoms with van der Waals surface area (Å²) in [4.78, 5) is 3.93. The normalized spacial score (nSPS) is 13.4. The monoisotopic (exact) mass is 154 g/mol. The van der Waals surface area contributed by atoms with Crippen LogP contribution >= 0.6 is 0 Å². The Bertz CT molecular complexity index is 220. The number of nitrogens with zero attached hydrogens (tertiary/aromatic N) is 2. The third-order valence-corrected chi connectivity index (χ3v) is 1.76. The highest BCUT2D eigenvalue weighted by atomic mass is 16.3. The maximum absolute atomic E-state index is 9.53. The van der Waals surface area contributed by atoms with Gasteiger partial charge < -0.3 is 9.67 Å². The third kappa shape index (κ3) is 1.80. The zero-order valence-electron chi connectivity index (χ0n) is 6.99. The van der Waals surface area contributed by atoms with Crippen molar-refractivity contribution < 1.29 is 5.11 Å². The van der Waals surface area contributed by atoms with Crippen LogP contribution in [0.1, 0.15) is 31.6 Å². The van der Waals surface area contributed by atoms with Gasteiger partial charge in [-0.15, -0.1) is 0 Å². The van der Waals surface area contributed by atoms with Gasteiger partial charge in [0.2, 0.25) is 0 Å². The molecule has 0 amide bonds. The fraction of sp³-hybridized carbons (Fsp3) is 0.625. The van der Waals surface area contributed by atoms with Gasteiger partial charge in [-0.1, -0.05) is 13.3 Å². The van der Waals surface area contributed by atoms with Gasteiger partial charge in [0.25, 0.3) is 0 Å². The van der Waals surface area contributed by atoms with Crippen molar-refractivity contribution in [2.75, 3.05) is 0 Å². The highest BCUT2D eigenvalue weighted by molar-refractivity contribution is 5.01. The van der Waals surface area contributed by atoms with Crippen LogP contribution in [0.5, 0.6) is 0 Å². The quantitative estimate of drug-likeness (QED) is 0.711. The predicted octanol–water partition coefficient (Wildman–Crippen LogP) is 1.25. The summed E-state index contributed by atoms with van der Waals surface area (Å²) in [5.74, 6) is 0. The van der Waals surface area contributed by atoms with E-state index >= 15 is 0 Å². The molecule has 0 radical (unpaired) electrons. The number of hydrogen-bond acceptors (Lipinski definition) is 2. The highest BCUT2D eigenvalue weighted by Gasteiger charge is 2.08. The summed E-state index contributed by atoms with van der Waals surface area (Å²) in [7, 11) is 1.89. The Labute approximate surface area is 66.7 Å². The molecule has 1 N–H and O–H groups in total. The van der Waals surface area contributed by atoms with Crippen LogP contribution in [0.4, 0.5) is 0 Å². The van der Waals surface area contributed by atoms with E-state index in [-0.39, 0.29) is 6.10 Å². The molecule has 0 bridgehead atoms. The van der Waals surface area contributed by atoms with Gasteiger partial charge in [-0.2, -0.15) is 0 Å². The van der Waals surface area contributed by atoms with Crippen LogP contribution < -0.4 is 0 Å². The average molecular weight is 154 g/mol. The number of aliphatic hydroxyl groups excluding tert-OH is 1. The standard InChI is InChI=1S/C8H14N2O/c1-3-4-8(11)7-5-9-6-10(7)2/h5-6,8,11H,3-4H2,1-2H3. The molecule has 0 saturated carbocycles. The zero-order valence-corrected chi connectivity index (χ0v) is 6.99. The van der Waals surface area contributed by atoms with E-state index in [0.717, 1.165) is 18.5 Å². The molecule has 1 rings (SSSR count). The molecule has 1 aromatic heterocycles. The maximum Gasteiger partial charge on any atom is 0.0955 e. The molecule has 1 atom stereocenters. The Kier molecular flexibility index (Phi) is 2.65. The largest absolute Gasteiger partial charge is 0.387 e. The number of rotatable bonds is 3. The molecular weight excluding hydrogens is 140 g/mol. The molecule has 1 unspecified atom stereocenters. The van der Waals surface area contributed by atoms with Crippen molar-refractivity contribution in [3.8, 4) is 0 Å². The average Bonchev–Trinajstić information content (AvgIpc) is 2.36. The Morgan fingerprint density at radius 1 is 1.73 bits per heavy atom. The first kappa shape index (κ1) is 8.27. The lowest BCUT2D eigenvalue weighted by Crippen LogP contribution is -2.02. The lowest BCUT2D eigenvalue weighted by atomic mass is 10.1. The zero-order chi connectivity index (χ0) is 8.27. The lowest BCUT2D eigenvalue weighted by Gasteiger charge is -2.08. The summed E-state index contributed by atoms with van der Waals surface area (Å²) < 4.78 is 1.85. The van der Waals surface area contributed by atoms with E-state index in [4.69, 9.17) is 0 Å². The molecular formula is C8H14N2O. The summed E-state index contributed by atoms with van der Waals surface area (Å²) >= 11 is 0. The van der Waals surface area contributed by atoms with Crippen LogP contribution in [0.25, 0.3) is 0 Å². The van der Waals surface area contributed by atoms with Gasteiger partial charge in [-0.25, -0.2) is 4.98 Å². The van der Waals surface area contributed by atoms with Gasteiger partial charge in [-0.3, -0.25) is 0 Å². The Morgan fingerprint density at radius 2 is 2.45 bits per heavy atom. The van der Waals surface area contributed by atoms with Crippen molar-refractivity contribution in [1.82, 2.24) is 9.55 Å². The Hall–Kier alpha value is -0.830. The SMILES string of the molecule is CCCC(O)c1cncn1C. The number of hydrogen-bond donors (Lipinski definition) is 1. The molecule has 0 aliphatic carbocycles. The van der Waals surface area contributed by atoms with Crippen molar-refractivity contribution in [2.45, 2.75) is 25.9 Å². The van der Waals surface area contributed by atoms with Crippen LogP contribution in [0.3, 0.4) is 0 Å². The van der Waals surface area contributed by atoms with Crippen LogP contribution in [-0.2, 0) is 7.05 Å². The van der Waals surface area contributed by atoms with E-state index in [9.17, 15) is 5.11 Å². The third-order valence-electron chi connectivity index (χ3n) is 1.76. The minimum Gasteiger partial charge on any atom is -0.387 e. The van der Waals surface area contributed by atoms with E-state index in [0.29, 0.717) is 0 Å². The molecule has 62 valence electrons. The molecule has 1 heterocycles. The molecule has 0 aliphatic rings. The van der Waals surface area contributed by atoms with E-state index in [1.54, 1.807) is 12.5 Å². The van der Waals surface area contributed by atoms with Crippen LogP contribution in [-0.4, -0.2) is 14.7 Å². The van der Waals surface area contributed by atoms with Crippen LogP contribution in [0.2, 0.25) is 0 Å². The summed E-state index contributed by atoms with van der Waals surface area (Å²) in [6.07, 6.45) is 4.85. The second-order valence-electron chi connectivity index (χ2n) is 2.73. The molecule has 0 aliphatic heterocycles. The molecule has 0 saturated heterocycles. The number of imidazole rings is 1. The van der Waals surface area contributed by atoms with Gasteiger partial charge in [0.15, 0.2) is 0 Å². The number of aryl methyl sites for hydroxylation is 1. The second kappa shape index (κ2) is 3.53. The van der Waals surface area contributed by atoms with E-state index < -0.39 is 0 Å². The first-order chi connectivity index (χ1) is 5.25. The molecule has 1 aromatic rings. The van der Waals surface area contributed by atoms with Gasteiger partial charge in [0.1, 0.15) is 0 Å². The number of aromatic nitrogens is 2. The Morgan fingerprint density at radius 3 is 2.91 bits per heavy atom. The minimum absolute atomic E-state index is 0.354. The highest BCUT2D eigenvalue weighted by Crippen LogP contribution is 2.15. The topological polar surface area (TPSA) is 38.1 Å². The summed E-state index contributed by atoms with van der Waals surface area (Å²) in [6, 6.07) is 0. The summed E-state index contributed by atoms with van der Waals surface area (Å²) in [6.45, 7) is 2.06. The molecule has 3 heteroatoms. The number of aliphatic hydroxyl groups is 1. The van der Waals surface area contributed by atoms with Crippen molar-refractivity contribution in [3.05, 3.63) is 18.2 Å².